The normalized spacial score (nSPS) is 12.5. The van der Waals surface area contributed by atoms with Gasteiger partial charge < -0.3 is 14.2 Å². The van der Waals surface area contributed by atoms with E-state index >= 15 is 0 Å². The molecule has 0 saturated heterocycles. The van der Waals surface area contributed by atoms with Gasteiger partial charge in [-0.1, -0.05) is 299 Å². The molecular weight excluding hydrogens is 937 g/mol. The van der Waals surface area contributed by atoms with Crippen molar-refractivity contribution in [2.75, 3.05) is 13.2 Å². The molecule has 0 saturated carbocycles. The highest BCUT2D eigenvalue weighted by Crippen LogP contribution is 2.17. The van der Waals surface area contributed by atoms with Gasteiger partial charge in [-0.05, 0) is 89.9 Å². The minimum absolute atomic E-state index is 0.0743. The van der Waals surface area contributed by atoms with E-state index in [0.29, 0.717) is 19.3 Å². The molecule has 0 spiro atoms. The van der Waals surface area contributed by atoms with E-state index in [4.69, 9.17) is 14.2 Å². The molecular formula is C70H124O6. The maximum absolute atomic E-state index is 12.9. The molecule has 6 nitrogen and oxygen atoms in total. The summed E-state index contributed by atoms with van der Waals surface area (Å²) in [6.07, 6.45) is 83.4. The van der Waals surface area contributed by atoms with Gasteiger partial charge in [-0.15, -0.1) is 0 Å². The Labute approximate surface area is 472 Å². The molecule has 0 bridgehead atoms. The molecule has 0 N–H and O–H groups in total. The van der Waals surface area contributed by atoms with E-state index in [1.807, 2.05) is 0 Å². The lowest BCUT2D eigenvalue weighted by molar-refractivity contribution is -0.167. The summed E-state index contributed by atoms with van der Waals surface area (Å²) in [6.45, 7) is 6.55. The lowest BCUT2D eigenvalue weighted by Gasteiger charge is -2.18. The standard InChI is InChI=1S/C70H124O6/c1-4-7-10-13-16-19-22-25-28-29-30-31-32-33-34-35-36-37-38-39-40-41-43-45-48-51-54-57-60-63-69(72)75-66-67(65-74-68(71)62-59-56-53-50-47-44-27-24-21-18-15-12-9-6-3)76-70(73)64-61-58-55-52-49-46-42-26-23-20-17-14-11-8-5-2/h7,10,16,19,24-25,27-28,30-31,33-34,67H,4-6,8-9,11-15,17-18,20-23,26,29,32,35-66H2,1-3H3/b10-7-,19-16-,27-24-,28-25-,31-30-,34-33-. The summed E-state index contributed by atoms with van der Waals surface area (Å²) in [5, 5.41) is 0. The second-order valence-corrected chi connectivity index (χ2v) is 22.0. The van der Waals surface area contributed by atoms with Gasteiger partial charge in [0.2, 0.25) is 0 Å². The highest BCUT2D eigenvalue weighted by Gasteiger charge is 2.19. The molecule has 0 rings (SSSR count). The summed E-state index contributed by atoms with van der Waals surface area (Å²) in [7, 11) is 0. The zero-order valence-corrected chi connectivity index (χ0v) is 50.5. The summed E-state index contributed by atoms with van der Waals surface area (Å²) in [4.78, 5) is 38.3. The molecule has 440 valence electrons. The Bertz CT molecular complexity index is 1400. The van der Waals surface area contributed by atoms with E-state index in [1.54, 1.807) is 0 Å². The van der Waals surface area contributed by atoms with Gasteiger partial charge in [0.1, 0.15) is 13.2 Å². The number of allylic oxidation sites excluding steroid dienone is 12. The van der Waals surface area contributed by atoms with Crippen LogP contribution in [0.25, 0.3) is 0 Å². The van der Waals surface area contributed by atoms with E-state index in [0.717, 1.165) is 96.3 Å². The Kier molecular flexibility index (Phi) is 61.7. The van der Waals surface area contributed by atoms with Crippen molar-refractivity contribution in [1.29, 1.82) is 0 Å². The molecule has 0 amide bonds. The molecule has 0 fully saturated rings. The summed E-state index contributed by atoms with van der Waals surface area (Å²) in [5.41, 5.74) is 0. The maximum atomic E-state index is 12.9. The number of ether oxygens (including phenoxy) is 3. The van der Waals surface area contributed by atoms with Crippen LogP contribution in [-0.2, 0) is 28.6 Å². The van der Waals surface area contributed by atoms with E-state index in [1.165, 1.54) is 199 Å². The van der Waals surface area contributed by atoms with Gasteiger partial charge in [0.25, 0.3) is 0 Å². The fraction of sp³-hybridized carbons (Fsp3) is 0.786. The Morgan fingerprint density at radius 2 is 0.513 bits per heavy atom. The van der Waals surface area contributed by atoms with Crippen LogP contribution >= 0.6 is 0 Å². The average Bonchev–Trinajstić information content (AvgIpc) is 3.42. The number of carbonyl (C=O) groups is 3. The summed E-state index contributed by atoms with van der Waals surface area (Å²) in [6, 6.07) is 0. The number of hydrogen-bond donors (Lipinski definition) is 0. The molecule has 1 atom stereocenters. The van der Waals surface area contributed by atoms with Crippen molar-refractivity contribution in [2.45, 2.75) is 341 Å². The predicted molar refractivity (Wildman–Crippen MR) is 330 cm³/mol. The molecule has 0 aromatic carbocycles. The van der Waals surface area contributed by atoms with Crippen LogP contribution in [0.3, 0.4) is 0 Å². The molecule has 0 aromatic heterocycles. The molecule has 0 radical (unpaired) electrons. The fourth-order valence-electron chi connectivity index (χ4n) is 9.53. The molecule has 0 aromatic rings. The molecule has 0 aliphatic rings. The van der Waals surface area contributed by atoms with Crippen molar-refractivity contribution in [1.82, 2.24) is 0 Å². The van der Waals surface area contributed by atoms with Gasteiger partial charge in [0, 0.05) is 19.3 Å². The second-order valence-electron chi connectivity index (χ2n) is 22.0. The molecule has 0 aliphatic carbocycles. The first-order valence-corrected chi connectivity index (χ1v) is 32.9. The van der Waals surface area contributed by atoms with Crippen molar-refractivity contribution in [3.63, 3.8) is 0 Å². The topological polar surface area (TPSA) is 78.9 Å². The van der Waals surface area contributed by atoms with Gasteiger partial charge in [-0.3, -0.25) is 14.4 Å². The third-order valence-corrected chi connectivity index (χ3v) is 14.4. The monoisotopic (exact) mass is 1060 g/mol. The van der Waals surface area contributed by atoms with Crippen LogP contribution in [0.5, 0.6) is 0 Å². The highest BCUT2D eigenvalue weighted by molar-refractivity contribution is 5.71. The molecule has 0 aliphatic heterocycles. The summed E-state index contributed by atoms with van der Waals surface area (Å²) in [5.74, 6) is -0.865. The average molecular weight is 1060 g/mol. The minimum Gasteiger partial charge on any atom is -0.462 e. The van der Waals surface area contributed by atoms with Crippen molar-refractivity contribution in [2.24, 2.45) is 0 Å². The fourth-order valence-corrected chi connectivity index (χ4v) is 9.53. The van der Waals surface area contributed by atoms with Crippen LogP contribution in [0.1, 0.15) is 335 Å². The summed E-state index contributed by atoms with van der Waals surface area (Å²) < 4.78 is 16.9. The third-order valence-electron chi connectivity index (χ3n) is 14.4. The van der Waals surface area contributed by atoms with Crippen LogP contribution in [0.15, 0.2) is 72.9 Å². The van der Waals surface area contributed by atoms with Crippen molar-refractivity contribution in [3.05, 3.63) is 72.9 Å². The molecule has 6 heteroatoms. The number of unbranched alkanes of at least 4 members (excludes halogenated alkanes) is 37. The largest absolute Gasteiger partial charge is 0.462 e. The number of esters is 3. The molecule has 76 heavy (non-hydrogen) atoms. The minimum atomic E-state index is -0.777. The van der Waals surface area contributed by atoms with Crippen LogP contribution in [0.2, 0.25) is 0 Å². The summed E-state index contributed by atoms with van der Waals surface area (Å²) >= 11 is 0. The van der Waals surface area contributed by atoms with Crippen molar-refractivity contribution >= 4 is 17.9 Å². The Balaban J connectivity index is 4.23. The SMILES string of the molecule is CC/C=C\C/C=C\C/C=C\C/C=C\C/C=C\CCCCCCCCCCCCCCCC(=O)OCC(COC(=O)CCCCCCC/C=C\CCCCCCC)OC(=O)CCCCCCCCCCCCCCCCC. The van der Waals surface area contributed by atoms with Gasteiger partial charge in [-0.25, -0.2) is 0 Å². The lowest BCUT2D eigenvalue weighted by Crippen LogP contribution is -2.30. The number of carbonyl (C=O) groups excluding carboxylic acids is 3. The Morgan fingerprint density at radius 1 is 0.276 bits per heavy atom. The number of hydrogen-bond acceptors (Lipinski definition) is 6. The van der Waals surface area contributed by atoms with Gasteiger partial charge in [-0.2, -0.15) is 0 Å². The number of rotatable bonds is 60. The van der Waals surface area contributed by atoms with Crippen LogP contribution < -0.4 is 0 Å². The van der Waals surface area contributed by atoms with E-state index in [2.05, 4.69) is 93.7 Å². The quantitative estimate of drug-likeness (QED) is 0.0261. The Hall–Kier alpha value is -3.15. The zero-order chi connectivity index (χ0) is 55.0. The third kappa shape index (κ3) is 61.7. The van der Waals surface area contributed by atoms with E-state index in [-0.39, 0.29) is 31.1 Å². The smallest absolute Gasteiger partial charge is 0.306 e. The van der Waals surface area contributed by atoms with E-state index < -0.39 is 6.10 Å². The molecule has 1 unspecified atom stereocenters. The van der Waals surface area contributed by atoms with Crippen LogP contribution in [0, 0.1) is 0 Å². The van der Waals surface area contributed by atoms with Gasteiger partial charge in [0.05, 0.1) is 0 Å². The van der Waals surface area contributed by atoms with E-state index in [9.17, 15) is 14.4 Å². The van der Waals surface area contributed by atoms with Crippen LogP contribution in [0.4, 0.5) is 0 Å². The predicted octanol–water partition coefficient (Wildman–Crippen LogP) is 22.5. The second kappa shape index (κ2) is 64.4. The van der Waals surface area contributed by atoms with Crippen molar-refractivity contribution in [3.8, 4) is 0 Å². The first-order valence-electron chi connectivity index (χ1n) is 32.9. The maximum Gasteiger partial charge on any atom is 0.306 e. The lowest BCUT2D eigenvalue weighted by atomic mass is 10.0. The first-order chi connectivity index (χ1) is 37.5. The highest BCUT2D eigenvalue weighted by atomic mass is 16.6. The van der Waals surface area contributed by atoms with Gasteiger partial charge >= 0.3 is 17.9 Å². The first kappa shape index (κ1) is 72.8. The van der Waals surface area contributed by atoms with Gasteiger partial charge in [0.15, 0.2) is 6.10 Å². The van der Waals surface area contributed by atoms with Crippen LogP contribution in [-0.4, -0.2) is 37.2 Å². The van der Waals surface area contributed by atoms with Crippen molar-refractivity contribution < 1.29 is 28.6 Å². The zero-order valence-electron chi connectivity index (χ0n) is 50.5. The Morgan fingerprint density at radius 3 is 0.816 bits per heavy atom. The molecule has 0 heterocycles.